The van der Waals surface area contributed by atoms with Crippen LogP contribution in [0, 0.1) is 0 Å². The molecule has 0 saturated carbocycles. The normalized spacial score (nSPS) is 18.3. The molecular weight excluding hydrogens is 326 g/mol. The number of nitrogens with zero attached hydrogens (tertiary/aromatic N) is 3. The molecule has 0 aromatic carbocycles. The van der Waals surface area contributed by atoms with Gasteiger partial charge in [-0.05, 0) is 38.8 Å². The monoisotopic (exact) mass is 349 g/mol. The Labute approximate surface area is 145 Å². The van der Waals surface area contributed by atoms with Crippen molar-refractivity contribution in [3.63, 3.8) is 0 Å². The zero-order valence-electron chi connectivity index (χ0n) is 14.2. The largest absolute Gasteiger partial charge is 0.455 e. The topological polar surface area (TPSA) is 71.5 Å². The number of imidazole rings is 1. The average molecular weight is 349 g/mol. The Morgan fingerprint density at radius 3 is 2.96 bits per heavy atom. The Bertz CT molecular complexity index is 717. The Hall–Kier alpha value is -1.73. The van der Waals surface area contributed by atoms with Gasteiger partial charge in [0.1, 0.15) is 5.76 Å². The van der Waals surface area contributed by atoms with E-state index in [1.807, 2.05) is 23.9 Å². The van der Waals surface area contributed by atoms with Crippen molar-refractivity contribution in [1.82, 2.24) is 14.5 Å². The van der Waals surface area contributed by atoms with Gasteiger partial charge in [-0.1, -0.05) is 11.8 Å². The first-order valence-electron chi connectivity index (χ1n) is 8.08. The van der Waals surface area contributed by atoms with Crippen LogP contribution in [0.4, 0.5) is 0 Å². The van der Waals surface area contributed by atoms with Crippen molar-refractivity contribution < 1.29 is 14.3 Å². The molecular formula is C17H23N3O3S. The Morgan fingerprint density at radius 2 is 2.29 bits per heavy atom. The molecule has 2 aromatic heterocycles. The predicted molar refractivity (Wildman–Crippen MR) is 91.8 cm³/mol. The molecule has 6 nitrogen and oxygen atoms in total. The summed E-state index contributed by atoms with van der Waals surface area (Å²) < 4.78 is 7.67. The zero-order chi connectivity index (χ0) is 17.3. The summed E-state index contributed by atoms with van der Waals surface area (Å²) in [5, 5.41) is 11.2. The molecule has 1 unspecified atom stereocenters. The van der Waals surface area contributed by atoms with E-state index in [9.17, 15) is 9.90 Å². The smallest absolute Gasteiger partial charge is 0.289 e. The maximum absolute atomic E-state index is 12.7. The third kappa shape index (κ3) is 3.52. The lowest BCUT2D eigenvalue weighted by atomic mass is 9.96. The van der Waals surface area contributed by atoms with Gasteiger partial charge in [-0.2, -0.15) is 0 Å². The lowest BCUT2D eigenvalue weighted by molar-refractivity contribution is -0.000795. The number of aryl methyl sites for hydroxylation is 1. The highest BCUT2D eigenvalue weighted by molar-refractivity contribution is 7.98. The lowest BCUT2D eigenvalue weighted by Crippen LogP contribution is -2.48. The lowest BCUT2D eigenvalue weighted by Gasteiger charge is -2.33. The molecule has 7 heteroatoms. The summed E-state index contributed by atoms with van der Waals surface area (Å²) in [5.74, 6) is 1.55. The third-order valence-electron chi connectivity index (χ3n) is 4.32. The summed E-state index contributed by atoms with van der Waals surface area (Å²) >= 11 is 1.56. The number of thioether (sulfide) groups is 1. The van der Waals surface area contributed by atoms with Crippen molar-refractivity contribution in [2.75, 3.05) is 6.54 Å². The number of carbonyl (C=O) groups is 1. The Balaban J connectivity index is 1.66. The van der Waals surface area contributed by atoms with Crippen LogP contribution in [0.3, 0.4) is 0 Å². The molecule has 1 amide bonds. The minimum Gasteiger partial charge on any atom is -0.455 e. The van der Waals surface area contributed by atoms with Crippen molar-refractivity contribution in [3.8, 4) is 0 Å². The number of furan rings is 1. The first kappa shape index (κ1) is 17.1. The van der Waals surface area contributed by atoms with Crippen LogP contribution in [0.25, 0.3) is 0 Å². The summed E-state index contributed by atoms with van der Waals surface area (Å²) in [4.78, 5) is 18.7. The molecule has 0 radical (unpaired) electrons. The molecule has 130 valence electrons. The molecule has 0 spiro atoms. The molecule has 1 saturated heterocycles. The van der Waals surface area contributed by atoms with Crippen molar-refractivity contribution in [3.05, 3.63) is 36.0 Å². The summed E-state index contributed by atoms with van der Waals surface area (Å²) in [6, 6.07) is 3.38. The van der Waals surface area contributed by atoms with Crippen LogP contribution in [0.1, 0.15) is 43.0 Å². The van der Waals surface area contributed by atoms with E-state index < -0.39 is 5.60 Å². The van der Waals surface area contributed by atoms with Gasteiger partial charge in [-0.15, -0.1) is 0 Å². The van der Waals surface area contributed by atoms with Crippen molar-refractivity contribution in [1.29, 1.82) is 0 Å². The van der Waals surface area contributed by atoms with E-state index in [1.54, 1.807) is 42.8 Å². The molecule has 3 heterocycles. The number of rotatable bonds is 5. The van der Waals surface area contributed by atoms with Crippen LogP contribution in [0.15, 0.2) is 34.1 Å². The van der Waals surface area contributed by atoms with Gasteiger partial charge >= 0.3 is 0 Å². The molecule has 3 rings (SSSR count). The molecule has 0 aliphatic carbocycles. The van der Waals surface area contributed by atoms with Gasteiger partial charge in [0.15, 0.2) is 10.9 Å². The second-order valence-electron chi connectivity index (χ2n) is 6.69. The molecule has 1 aliphatic rings. The summed E-state index contributed by atoms with van der Waals surface area (Å²) in [6.07, 6.45) is 5.37. The summed E-state index contributed by atoms with van der Waals surface area (Å²) in [6.45, 7) is 4.16. The molecule has 1 aliphatic heterocycles. The maximum atomic E-state index is 12.7. The van der Waals surface area contributed by atoms with Crippen LogP contribution in [-0.4, -0.2) is 43.7 Å². The number of carbonyl (C=O) groups excluding carboxylic acids is 1. The van der Waals surface area contributed by atoms with E-state index in [2.05, 4.69) is 4.98 Å². The zero-order valence-corrected chi connectivity index (χ0v) is 15.0. The number of aliphatic hydroxyl groups is 1. The fourth-order valence-corrected chi connectivity index (χ4v) is 3.91. The maximum Gasteiger partial charge on any atom is 0.289 e. The van der Waals surface area contributed by atoms with E-state index >= 15 is 0 Å². The van der Waals surface area contributed by atoms with E-state index in [4.69, 9.17) is 4.42 Å². The number of amides is 1. The van der Waals surface area contributed by atoms with E-state index in [0.717, 1.165) is 23.8 Å². The number of hydrogen-bond donors (Lipinski definition) is 1. The SMILES string of the molecule is Cn1ccnc1SCc1ccc(C(=O)N2CCCC2C(C)(C)O)o1. The standard InChI is InChI=1S/C17H23N3O3S/c1-17(2,22)14-5-4-9-20(14)15(21)13-7-6-12(23-13)11-24-16-18-8-10-19(16)3/h6-8,10,14,22H,4-5,9,11H2,1-3H3. The average Bonchev–Trinajstić information content (AvgIpc) is 3.24. The van der Waals surface area contributed by atoms with Gasteiger partial charge in [0.05, 0.1) is 17.4 Å². The molecule has 1 fully saturated rings. The van der Waals surface area contributed by atoms with Gasteiger partial charge in [-0.3, -0.25) is 4.79 Å². The summed E-state index contributed by atoms with van der Waals surface area (Å²) in [5.41, 5.74) is -0.907. The van der Waals surface area contributed by atoms with Crippen molar-refractivity contribution >= 4 is 17.7 Å². The Kier molecular flexibility index (Phi) is 4.73. The fraction of sp³-hybridized carbons (Fsp3) is 0.529. The Morgan fingerprint density at radius 1 is 1.50 bits per heavy atom. The number of hydrogen-bond acceptors (Lipinski definition) is 5. The van der Waals surface area contributed by atoms with Gasteiger partial charge < -0.3 is 19.0 Å². The van der Waals surface area contributed by atoms with Gasteiger partial charge in [0.25, 0.3) is 5.91 Å². The van der Waals surface area contributed by atoms with Crippen molar-refractivity contribution in [2.24, 2.45) is 7.05 Å². The van der Waals surface area contributed by atoms with Crippen LogP contribution in [0.5, 0.6) is 0 Å². The molecule has 2 aromatic rings. The highest BCUT2D eigenvalue weighted by Gasteiger charge is 2.39. The van der Waals surface area contributed by atoms with E-state index in [0.29, 0.717) is 18.1 Å². The van der Waals surface area contributed by atoms with E-state index in [1.165, 1.54) is 0 Å². The van der Waals surface area contributed by atoms with Crippen LogP contribution in [-0.2, 0) is 12.8 Å². The quantitative estimate of drug-likeness (QED) is 0.840. The summed E-state index contributed by atoms with van der Waals surface area (Å²) in [7, 11) is 1.94. The fourth-order valence-electron chi connectivity index (χ4n) is 3.08. The molecule has 1 N–H and O–H groups in total. The minimum absolute atomic E-state index is 0.145. The van der Waals surface area contributed by atoms with Gasteiger partial charge in [0, 0.05) is 26.0 Å². The highest BCUT2D eigenvalue weighted by Crippen LogP contribution is 2.29. The van der Waals surface area contributed by atoms with Gasteiger partial charge in [0.2, 0.25) is 0 Å². The van der Waals surface area contributed by atoms with Crippen LogP contribution in [0.2, 0.25) is 0 Å². The molecule has 1 atom stereocenters. The van der Waals surface area contributed by atoms with Gasteiger partial charge in [-0.25, -0.2) is 4.98 Å². The van der Waals surface area contributed by atoms with Crippen LogP contribution < -0.4 is 0 Å². The number of likely N-dealkylation sites (tertiary alicyclic amines) is 1. The minimum atomic E-state index is -0.907. The number of aromatic nitrogens is 2. The van der Waals surface area contributed by atoms with E-state index in [-0.39, 0.29) is 11.9 Å². The van der Waals surface area contributed by atoms with Crippen molar-refractivity contribution in [2.45, 2.75) is 49.2 Å². The molecule has 0 bridgehead atoms. The predicted octanol–water partition coefficient (Wildman–Crippen LogP) is 2.68. The second-order valence-corrected chi connectivity index (χ2v) is 7.63. The first-order chi connectivity index (χ1) is 11.4. The third-order valence-corrected chi connectivity index (χ3v) is 5.40. The highest BCUT2D eigenvalue weighted by atomic mass is 32.2. The molecule has 24 heavy (non-hydrogen) atoms. The second kappa shape index (κ2) is 6.64. The first-order valence-corrected chi connectivity index (χ1v) is 9.07. The van der Waals surface area contributed by atoms with Crippen LogP contribution >= 0.6 is 11.8 Å².